The molecule has 1 N–H and O–H groups in total. The first-order chi connectivity index (χ1) is 15.0. The van der Waals surface area contributed by atoms with Crippen molar-refractivity contribution in [3.05, 3.63) is 63.5 Å². The number of ketones is 1. The minimum absolute atomic E-state index is 0.0870. The van der Waals surface area contributed by atoms with Crippen molar-refractivity contribution in [1.82, 2.24) is 4.98 Å². The van der Waals surface area contributed by atoms with Crippen molar-refractivity contribution in [3.63, 3.8) is 0 Å². The molecule has 0 saturated heterocycles. The number of hydrogen-bond donors (Lipinski definition) is 1. The molecule has 1 fully saturated rings. The SMILES string of the molecule is CCc1c(C(=O)c2ccc(C(F)(F)F)cc2)c(C2CCCC2)nc2c1[C@@H](O)CC(C)(C)C2. The zero-order valence-electron chi connectivity index (χ0n) is 18.9. The van der Waals surface area contributed by atoms with Gasteiger partial charge < -0.3 is 5.11 Å². The van der Waals surface area contributed by atoms with E-state index in [0.717, 1.165) is 66.8 Å². The minimum Gasteiger partial charge on any atom is -0.388 e. The molecule has 6 heteroatoms. The van der Waals surface area contributed by atoms with Crippen LogP contribution in [0.5, 0.6) is 0 Å². The number of fused-ring (bicyclic) bond motifs is 1. The summed E-state index contributed by atoms with van der Waals surface area (Å²) in [7, 11) is 0. The van der Waals surface area contributed by atoms with Gasteiger partial charge in [-0.05, 0) is 55.2 Å². The van der Waals surface area contributed by atoms with Gasteiger partial charge in [0.15, 0.2) is 5.78 Å². The van der Waals surface area contributed by atoms with Crippen LogP contribution in [0.15, 0.2) is 24.3 Å². The van der Waals surface area contributed by atoms with Gasteiger partial charge in [0, 0.05) is 28.3 Å². The summed E-state index contributed by atoms with van der Waals surface area (Å²) in [6.07, 6.45) is 0.793. The molecular weight excluding hydrogens is 415 g/mol. The number of alkyl halides is 3. The number of nitrogens with zero attached hydrogens (tertiary/aromatic N) is 1. The highest BCUT2D eigenvalue weighted by molar-refractivity contribution is 6.11. The molecule has 1 aromatic carbocycles. The molecule has 2 aliphatic rings. The van der Waals surface area contributed by atoms with Gasteiger partial charge in [-0.2, -0.15) is 13.2 Å². The van der Waals surface area contributed by atoms with Crippen LogP contribution in [-0.4, -0.2) is 15.9 Å². The van der Waals surface area contributed by atoms with Gasteiger partial charge in [0.25, 0.3) is 0 Å². The Kier molecular flexibility index (Phi) is 5.95. The number of carbonyl (C=O) groups excluding carboxylic acids is 1. The van der Waals surface area contributed by atoms with Crippen molar-refractivity contribution in [2.75, 3.05) is 0 Å². The van der Waals surface area contributed by atoms with Crippen LogP contribution in [0.25, 0.3) is 0 Å². The molecule has 0 bridgehead atoms. The number of hydrogen-bond acceptors (Lipinski definition) is 3. The van der Waals surface area contributed by atoms with E-state index in [1.54, 1.807) is 0 Å². The lowest BCUT2D eigenvalue weighted by molar-refractivity contribution is -0.137. The predicted octanol–water partition coefficient (Wildman–Crippen LogP) is 6.56. The third-order valence-corrected chi connectivity index (χ3v) is 6.97. The average molecular weight is 446 g/mol. The van der Waals surface area contributed by atoms with E-state index in [0.29, 0.717) is 18.4 Å². The fourth-order valence-electron chi connectivity index (χ4n) is 5.47. The van der Waals surface area contributed by atoms with E-state index < -0.39 is 17.8 Å². The van der Waals surface area contributed by atoms with Gasteiger partial charge in [-0.25, -0.2) is 0 Å². The molecule has 1 aromatic heterocycles. The van der Waals surface area contributed by atoms with E-state index in [4.69, 9.17) is 4.98 Å². The van der Waals surface area contributed by atoms with Crippen LogP contribution in [0.1, 0.15) is 109 Å². The maximum atomic E-state index is 13.7. The van der Waals surface area contributed by atoms with Crippen LogP contribution in [-0.2, 0) is 19.0 Å². The van der Waals surface area contributed by atoms with Crippen molar-refractivity contribution >= 4 is 5.78 Å². The third-order valence-electron chi connectivity index (χ3n) is 6.97. The minimum atomic E-state index is -4.45. The second-order valence-corrected chi connectivity index (χ2v) is 10.0. The van der Waals surface area contributed by atoms with Crippen LogP contribution in [0.4, 0.5) is 13.2 Å². The number of rotatable bonds is 4. The molecule has 0 spiro atoms. The molecule has 1 atom stereocenters. The Morgan fingerprint density at radius 3 is 2.34 bits per heavy atom. The Morgan fingerprint density at radius 2 is 1.78 bits per heavy atom. The summed E-state index contributed by atoms with van der Waals surface area (Å²) < 4.78 is 39.0. The Hall–Kier alpha value is -2.21. The van der Waals surface area contributed by atoms with Gasteiger partial charge in [-0.15, -0.1) is 0 Å². The second kappa shape index (κ2) is 8.29. The van der Waals surface area contributed by atoms with Gasteiger partial charge >= 0.3 is 6.18 Å². The van der Waals surface area contributed by atoms with Crippen LogP contribution in [0.3, 0.4) is 0 Å². The molecule has 4 rings (SSSR count). The highest BCUT2D eigenvalue weighted by Gasteiger charge is 2.38. The Labute approximate surface area is 187 Å². The van der Waals surface area contributed by atoms with Crippen molar-refractivity contribution in [1.29, 1.82) is 0 Å². The summed E-state index contributed by atoms with van der Waals surface area (Å²) >= 11 is 0. The molecular formula is C26H30F3NO2. The number of aliphatic hydroxyl groups excluding tert-OH is 1. The smallest absolute Gasteiger partial charge is 0.388 e. The van der Waals surface area contributed by atoms with Gasteiger partial charge in [-0.1, -0.05) is 45.7 Å². The van der Waals surface area contributed by atoms with E-state index >= 15 is 0 Å². The molecule has 172 valence electrons. The van der Waals surface area contributed by atoms with Crippen LogP contribution in [0, 0.1) is 5.41 Å². The molecule has 1 saturated carbocycles. The number of aliphatic hydroxyl groups is 1. The van der Waals surface area contributed by atoms with Gasteiger partial charge in [0.2, 0.25) is 0 Å². The average Bonchev–Trinajstić information content (AvgIpc) is 3.25. The summed E-state index contributed by atoms with van der Waals surface area (Å²) in [4.78, 5) is 18.7. The Bertz CT molecular complexity index is 1020. The first-order valence-electron chi connectivity index (χ1n) is 11.5. The maximum Gasteiger partial charge on any atom is 0.416 e. The first-order valence-corrected chi connectivity index (χ1v) is 11.5. The molecule has 1 heterocycles. The summed E-state index contributed by atoms with van der Waals surface area (Å²) in [6, 6.07) is 4.42. The molecule has 2 aliphatic carbocycles. The maximum absolute atomic E-state index is 13.7. The molecule has 0 radical (unpaired) electrons. The number of aromatic nitrogens is 1. The predicted molar refractivity (Wildman–Crippen MR) is 117 cm³/mol. The number of carbonyl (C=O) groups is 1. The topological polar surface area (TPSA) is 50.2 Å². The summed E-state index contributed by atoms with van der Waals surface area (Å²) in [5.74, 6) is -0.133. The van der Waals surface area contributed by atoms with Gasteiger partial charge in [0.1, 0.15) is 0 Å². The van der Waals surface area contributed by atoms with Crippen molar-refractivity contribution in [2.24, 2.45) is 5.41 Å². The van der Waals surface area contributed by atoms with Crippen LogP contribution in [0.2, 0.25) is 0 Å². The van der Waals surface area contributed by atoms with E-state index in [1.807, 2.05) is 6.92 Å². The fraction of sp³-hybridized carbons (Fsp3) is 0.538. The standard InChI is InChI=1S/C26H30F3NO2/c1-4-18-21-19(13-25(2,3)14-20(21)31)30-23(15-7-5-6-8-15)22(18)24(32)16-9-11-17(12-10-16)26(27,28)29/h9-12,15,20,31H,4-8,13-14H2,1-3H3/t20-/m0/s1. The van der Waals surface area contributed by atoms with Crippen molar-refractivity contribution in [3.8, 4) is 0 Å². The molecule has 3 nitrogen and oxygen atoms in total. The quantitative estimate of drug-likeness (QED) is 0.543. The fourth-order valence-corrected chi connectivity index (χ4v) is 5.47. The molecule has 0 amide bonds. The lowest BCUT2D eigenvalue weighted by Crippen LogP contribution is -2.30. The summed E-state index contributed by atoms with van der Waals surface area (Å²) in [5, 5.41) is 11.0. The van der Waals surface area contributed by atoms with Crippen molar-refractivity contribution in [2.45, 2.75) is 83.9 Å². The first kappa shape index (κ1) is 23.0. The Morgan fingerprint density at radius 1 is 1.16 bits per heavy atom. The zero-order valence-corrected chi connectivity index (χ0v) is 18.9. The number of benzene rings is 1. The van der Waals surface area contributed by atoms with E-state index in [2.05, 4.69) is 13.8 Å². The van der Waals surface area contributed by atoms with Crippen molar-refractivity contribution < 1.29 is 23.1 Å². The normalized spacial score (nSPS) is 20.9. The van der Waals surface area contributed by atoms with E-state index in [1.165, 1.54) is 12.1 Å². The number of pyridine rings is 1. The summed E-state index contributed by atoms with van der Waals surface area (Å²) in [5.41, 5.74) is 3.06. The second-order valence-electron chi connectivity index (χ2n) is 10.0. The van der Waals surface area contributed by atoms with E-state index in [-0.39, 0.29) is 22.7 Å². The van der Waals surface area contributed by atoms with Gasteiger partial charge in [-0.3, -0.25) is 9.78 Å². The summed E-state index contributed by atoms with van der Waals surface area (Å²) in [6.45, 7) is 6.19. The lowest BCUT2D eigenvalue weighted by atomic mass is 9.72. The monoisotopic (exact) mass is 445 g/mol. The molecule has 2 aromatic rings. The van der Waals surface area contributed by atoms with Crippen LogP contribution >= 0.6 is 0 Å². The Balaban J connectivity index is 1.88. The third kappa shape index (κ3) is 4.21. The largest absolute Gasteiger partial charge is 0.416 e. The molecule has 0 unspecified atom stereocenters. The van der Waals surface area contributed by atoms with E-state index in [9.17, 15) is 23.1 Å². The molecule has 32 heavy (non-hydrogen) atoms. The van der Waals surface area contributed by atoms with Gasteiger partial charge in [0.05, 0.1) is 17.4 Å². The number of halogens is 3. The molecule has 0 aliphatic heterocycles. The highest BCUT2D eigenvalue weighted by atomic mass is 19.4. The zero-order chi connectivity index (χ0) is 23.3. The van der Waals surface area contributed by atoms with Crippen LogP contribution < -0.4 is 0 Å². The highest BCUT2D eigenvalue weighted by Crippen LogP contribution is 2.45. The lowest BCUT2D eigenvalue weighted by Gasteiger charge is -2.36.